The van der Waals surface area contributed by atoms with Crippen molar-refractivity contribution in [3.05, 3.63) is 40.1 Å². The Labute approximate surface area is 181 Å². The van der Waals surface area contributed by atoms with Crippen LogP contribution in [0, 0.1) is 0 Å². The van der Waals surface area contributed by atoms with Crippen molar-refractivity contribution in [3.63, 3.8) is 0 Å². The fraction of sp³-hybridized carbons (Fsp3) is 0.524. The Kier molecular flexibility index (Phi) is 6.63. The number of halogens is 2. The smallest absolute Gasteiger partial charge is 0.151 e. The largest absolute Gasteiger partial charge is 0.396 e. The molecule has 4 aliphatic rings. The quantitative estimate of drug-likeness (QED) is 0.608. The van der Waals surface area contributed by atoms with Gasteiger partial charge in [0, 0.05) is 31.8 Å². The van der Waals surface area contributed by atoms with Gasteiger partial charge in [0.15, 0.2) is 5.82 Å². The Morgan fingerprint density at radius 2 is 1.69 bits per heavy atom. The van der Waals surface area contributed by atoms with E-state index < -0.39 is 0 Å². The van der Waals surface area contributed by atoms with Crippen molar-refractivity contribution < 1.29 is 5.11 Å². The van der Waals surface area contributed by atoms with Gasteiger partial charge in [0.1, 0.15) is 16.1 Å². The number of nitrogens with one attached hydrogen (secondary N) is 2. The van der Waals surface area contributed by atoms with E-state index in [1.54, 1.807) is 0 Å². The monoisotopic (exact) mass is 435 g/mol. The normalized spacial score (nSPS) is 20.2. The zero-order valence-corrected chi connectivity index (χ0v) is 17.9. The van der Waals surface area contributed by atoms with Crippen LogP contribution in [-0.4, -0.2) is 46.9 Å². The number of aliphatic hydroxyl groups is 1. The van der Waals surface area contributed by atoms with Gasteiger partial charge in [0.05, 0.1) is 5.69 Å². The molecule has 0 amide bonds. The lowest BCUT2D eigenvalue weighted by atomic mass is 10.1. The standard InChI is InChI=1S/C11H15ClN2O.C10H12ClN3/c12-10-5-4-8-2-1-3-9(6-7-15)13-11(8)14-10;11-9-2-1-8-10(13-9)12-7-3-5-14(8)6-4-7/h4-5,9,15H,1-3,6-7H2,(H,13,14);1-2,7H,3-6H2,(H,12,13). The molecule has 3 N–H and O–H groups in total. The molecule has 0 radical (unpaired) electrons. The molecule has 1 atom stereocenters. The Morgan fingerprint density at radius 1 is 0.966 bits per heavy atom. The average molecular weight is 436 g/mol. The summed E-state index contributed by atoms with van der Waals surface area (Å²) in [7, 11) is 0. The molecule has 2 aromatic rings. The second kappa shape index (κ2) is 9.37. The number of piperidine rings is 1. The van der Waals surface area contributed by atoms with Crippen LogP contribution in [0.1, 0.15) is 37.7 Å². The number of hydrogen-bond donors (Lipinski definition) is 3. The molecule has 0 aliphatic carbocycles. The van der Waals surface area contributed by atoms with Crippen molar-refractivity contribution in [1.82, 2.24) is 9.97 Å². The van der Waals surface area contributed by atoms with Crippen molar-refractivity contribution in [1.29, 1.82) is 0 Å². The van der Waals surface area contributed by atoms with Gasteiger partial charge in [0.25, 0.3) is 0 Å². The second-order valence-electron chi connectivity index (χ2n) is 7.79. The maximum atomic E-state index is 8.93. The summed E-state index contributed by atoms with van der Waals surface area (Å²) >= 11 is 11.7. The first-order chi connectivity index (χ1) is 14.1. The van der Waals surface area contributed by atoms with Gasteiger partial charge in [-0.2, -0.15) is 0 Å². The first kappa shape index (κ1) is 20.5. The van der Waals surface area contributed by atoms with Crippen molar-refractivity contribution in [2.24, 2.45) is 0 Å². The second-order valence-corrected chi connectivity index (χ2v) is 8.57. The summed E-state index contributed by atoms with van der Waals surface area (Å²) in [6, 6.07) is 8.68. The Balaban J connectivity index is 0.000000141. The van der Waals surface area contributed by atoms with Crippen LogP contribution in [0.5, 0.6) is 0 Å². The van der Waals surface area contributed by atoms with Gasteiger partial charge >= 0.3 is 0 Å². The predicted octanol–water partition coefficient (Wildman–Crippen LogP) is 4.36. The Morgan fingerprint density at radius 3 is 2.45 bits per heavy atom. The number of anilines is 3. The lowest BCUT2D eigenvalue weighted by Gasteiger charge is -2.28. The SMILES string of the molecule is Clc1ccc2c(n1)NC1CCN2CC1.OCCC1CCCc2ccc(Cl)nc2N1. The summed E-state index contributed by atoms with van der Waals surface area (Å²) < 4.78 is 0. The molecule has 6 nitrogen and oxygen atoms in total. The van der Waals surface area contributed by atoms with Crippen LogP contribution < -0.4 is 15.5 Å². The Bertz CT molecular complexity index is 842. The van der Waals surface area contributed by atoms with Crippen molar-refractivity contribution >= 4 is 40.5 Å². The molecule has 4 aliphatic heterocycles. The molecule has 0 aromatic carbocycles. The van der Waals surface area contributed by atoms with Gasteiger partial charge in [-0.3, -0.25) is 0 Å². The summed E-state index contributed by atoms with van der Waals surface area (Å²) in [5.74, 6) is 1.84. The molecule has 6 heterocycles. The highest BCUT2D eigenvalue weighted by Gasteiger charge is 2.26. The minimum Gasteiger partial charge on any atom is -0.396 e. The minimum atomic E-state index is 0.216. The highest BCUT2D eigenvalue weighted by Crippen LogP contribution is 2.33. The predicted molar refractivity (Wildman–Crippen MR) is 119 cm³/mol. The number of fused-ring (bicyclic) bond motifs is 3. The highest BCUT2D eigenvalue weighted by atomic mass is 35.5. The third-order valence-electron chi connectivity index (χ3n) is 5.78. The van der Waals surface area contributed by atoms with E-state index in [0.29, 0.717) is 22.4 Å². The molecule has 1 saturated heterocycles. The maximum Gasteiger partial charge on any atom is 0.151 e. The maximum absolute atomic E-state index is 8.93. The molecule has 29 heavy (non-hydrogen) atoms. The van der Waals surface area contributed by atoms with Crippen LogP contribution in [0.3, 0.4) is 0 Å². The van der Waals surface area contributed by atoms with Gasteiger partial charge in [-0.15, -0.1) is 0 Å². The van der Waals surface area contributed by atoms with Crippen LogP contribution in [0.25, 0.3) is 0 Å². The summed E-state index contributed by atoms with van der Waals surface area (Å²) in [4.78, 5) is 11.0. The molecule has 2 aromatic heterocycles. The van der Waals surface area contributed by atoms with E-state index in [1.807, 2.05) is 18.2 Å². The number of pyridine rings is 2. The molecular weight excluding hydrogens is 409 g/mol. The van der Waals surface area contributed by atoms with Gasteiger partial charge in [-0.05, 0) is 62.3 Å². The number of hydrogen-bond acceptors (Lipinski definition) is 6. The lowest BCUT2D eigenvalue weighted by Crippen LogP contribution is -2.35. The lowest BCUT2D eigenvalue weighted by molar-refractivity contribution is 0.276. The molecular formula is C21H27Cl2N5O. The number of aliphatic hydroxyl groups excluding tert-OH is 1. The number of aromatic nitrogens is 2. The van der Waals surface area contributed by atoms with Crippen LogP contribution in [0.15, 0.2) is 24.3 Å². The minimum absolute atomic E-state index is 0.216. The van der Waals surface area contributed by atoms with Crippen molar-refractivity contribution in [2.75, 3.05) is 35.2 Å². The first-order valence-electron chi connectivity index (χ1n) is 10.3. The van der Waals surface area contributed by atoms with Crippen LogP contribution in [0.2, 0.25) is 10.3 Å². The van der Waals surface area contributed by atoms with E-state index >= 15 is 0 Å². The first-order valence-corrected chi connectivity index (χ1v) is 11.1. The van der Waals surface area contributed by atoms with Gasteiger partial charge in [-0.1, -0.05) is 29.3 Å². The van der Waals surface area contributed by atoms with Crippen molar-refractivity contribution in [2.45, 2.75) is 50.6 Å². The van der Waals surface area contributed by atoms with Gasteiger partial charge in [0.2, 0.25) is 0 Å². The summed E-state index contributed by atoms with van der Waals surface area (Å²) in [5.41, 5.74) is 2.43. The third-order valence-corrected chi connectivity index (χ3v) is 6.20. The average Bonchev–Trinajstić information content (AvgIpc) is 3.08. The zero-order valence-electron chi connectivity index (χ0n) is 16.4. The molecule has 1 unspecified atom stereocenters. The fourth-order valence-corrected chi connectivity index (χ4v) is 4.51. The van der Waals surface area contributed by atoms with E-state index in [4.69, 9.17) is 28.3 Å². The van der Waals surface area contributed by atoms with Gasteiger partial charge < -0.3 is 20.6 Å². The van der Waals surface area contributed by atoms with Crippen LogP contribution in [0.4, 0.5) is 17.3 Å². The summed E-state index contributed by atoms with van der Waals surface area (Å²) in [5, 5.41) is 16.8. The van der Waals surface area contributed by atoms with Crippen LogP contribution in [-0.2, 0) is 6.42 Å². The third kappa shape index (κ3) is 5.05. The van der Waals surface area contributed by atoms with Crippen molar-refractivity contribution in [3.8, 4) is 0 Å². The van der Waals surface area contributed by atoms with E-state index in [0.717, 1.165) is 50.4 Å². The summed E-state index contributed by atoms with van der Waals surface area (Å²) in [6.45, 7) is 2.48. The molecule has 2 bridgehead atoms. The molecule has 1 fully saturated rings. The number of aryl methyl sites for hydroxylation is 1. The fourth-order valence-electron chi connectivity index (χ4n) is 4.22. The number of nitrogens with zero attached hydrogens (tertiary/aromatic N) is 3. The van der Waals surface area contributed by atoms with E-state index in [-0.39, 0.29) is 6.61 Å². The number of rotatable bonds is 2. The Hall–Kier alpha value is -1.76. The molecule has 0 saturated carbocycles. The zero-order chi connectivity index (χ0) is 20.2. The molecule has 156 valence electrons. The highest BCUT2D eigenvalue weighted by molar-refractivity contribution is 6.29. The molecule has 0 spiro atoms. The summed E-state index contributed by atoms with van der Waals surface area (Å²) in [6.07, 6.45) is 6.42. The van der Waals surface area contributed by atoms with E-state index in [2.05, 4.69) is 31.6 Å². The van der Waals surface area contributed by atoms with E-state index in [1.165, 1.54) is 24.1 Å². The molecule has 6 rings (SSSR count). The molecule has 8 heteroatoms. The van der Waals surface area contributed by atoms with E-state index in [9.17, 15) is 0 Å². The van der Waals surface area contributed by atoms with Gasteiger partial charge in [-0.25, -0.2) is 9.97 Å². The van der Waals surface area contributed by atoms with Crippen LogP contribution >= 0.6 is 23.2 Å². The topological polar surface area (TPSA) is 73.3 Å².